The van der Waals surface area contributed by atoms with Crippen LogP contribution in [0.5, 0.6) is 0 Å². The molecule has 8 aromatic carbocycles. The molecule has 10 aromatic rings. The molecule has 0 saturated heterocycles. The summed E-state index contributed by atoms with van der Waals surface area (Å²) in [7, 11) is 0. The summed E-state index contributed by atoms with van der Waals surface area (Å²) >= 11 is 1.84. The SMILES string of the molecule is c1ccc2cc(-c3nc4cccc(-c5ccc(N(c6ccc7sc8ccccc8c7c6)c6cccc7ccccc67)cc5)c4o3)ccc2c1. The number of nitrogens with zero attached hydrogens (tertiary/aromatic N) is 2. The number of fused-ring (bicyclic) bond motifs is 6. The first kappa shape index (κ1) is 27.8. The van der Waals surface area contributed by atoms with E-state index in [0.29, 0.717) is 5.89 Å². The topological polar surface area (TPSA) is 29.3 Å². The molecule has 0 bridgehead atoms. The van der Waals surface area contributed by atoms with Crippen molar-refractivity contribution in [2.24, 2.45) is 0 Å². The molecule has 2 aromatic heterocycles. The van der Waals surface area contributed by atoms with Gasteiger partial charge in [0.2, 0.25) is 5.89 Å². The van der Waals surface area contributed by atoms with E-state index < -0.39 is 0 Å². The Morgan fingerprint density at radius 3 is 2.06 bits per heavy atom. The standard InChI is InChI=1S/C45H28N2OS/c1-2-11-32-27-33(20-19-29(32)9-1)45-46-40-16-8-15-37(44(40)48-45)31-21-23-34(24-22-31)47(41-17-7-12-30-10-3-4-13-36(30)41)35-25-26-43-39(28-35)38-14-5-6-18-42(38)49-43/h1-28H. The Morgan fingerprint density at radius 2 is 1.16 bits per heavy atom. The van der Waals surface area contributed by atoms with Crippen molar-refractivity contribution in [1.82, 2.24) is 4.98 Å². The second-order valence-electron chi connectivity index (χ2n) is 12.4. The van der Waals surface area contributed by atoms with Crippen LogP contribution in [0.2, 0.25) is 0 Å². The Balaban J connectivity index is 1.09. The van der Waals surface area contributed by atoms with E-state index >= 15 is 0 Å². The van der Waals surface area contributed by atoms with E-state index in [4.69, 9.17) is 9.40 Å². The Morgan fingerprint density at radius 1 is 0.469 bits per heavy atom. The van der Waals surface area contributed by atoms with E-state index in [-0.39, 0.29) is 0 Å². The van der Waals surface area contributed by atoms with E-state index in [1.807, 2.05) is 17.4 Å². The molecule has 0 amide bonds. The number of benzene rings is 8. The van der Waals surface area contributed by atoms with Gasteiger partial charge in [0.15, 0.2) is 5.58 Å². The maximum absolute atomic E-state index is 6.50. The average Bonchev–Trinajstić information content (AvgIpc) is 3.77. The van der Waals surface area contributed by atoms with Gasteiger partial charge in [-0.2, -0.15) is 0 Å². The minimum Gasteiger partial charge on any atom is -0.435 e. The fraction of sp³-hybridized carbons (Fsp3) is 0. The average molecular weight is 645 g/mol. The predicted molar refractivity (Wildman–Crippen MR) is 207 cm³/mol. The van der Waals surface area contributed by atoms with E-state index in [0.717, 1.165) is 44.9 Å². The molecule has 10 rings (SSSR count). The number of oxazole rings is 1. The molecule has 0 radical (unpaired) electrons. The largest absolute Gasteiger partial charge is 0.435 e. The third-order valence-electron chi connectivity index (χ3n) is 9.47. The normalized spacial score (nSPS) is 11.7. The molecule has 0 aliphatic heterocycles. The first-order valence-corrected chi connectivity index (χ1v) is 17.3. The molecule has 230 valence electrons. The van der Waals surface area contributed by atoms with Gasteiger partial charge in [-0.05, 0) is 82.4 Å². The molecule has 0 atom stereocenters. The fourth-order valence-electron chi connectivity index (χ4n) is 7.10. The van der Waals surface area contributed by atoms with Crippen LogP contribution in [-0.4, -0.2) is 4.98 Å². The molecule has 0 fully saturated rings. The number of aromatic nitrogens is 1. The van der Waals surface area contributed by atoms with Crippen LogP contribution in [0.4, 0.5) is 17.1 Å². The lowest BCUT2D eigenvalue weighted by Crippen LogP contribution is -2.10. The van der Waals surface area contributed by atoms with Crippen molar-refractivity contribution in [3.8, 4) is 22.6 Å². The number of hydrogen-bond donors (Lipinski definition) is 0. The summed E-state index contributed by atoms with van der Waals surface area (Å²) in [6.45, 7) is 0. The zero-order chi connectivity index (χ0) is 32.3. The number of para-hydroxylation sites is 1. The summed E-state index contributed by atoms with van der Waals surface area (Å²) in [4.78, 5) is 7.28. The van der Waals surface area contributed by atoms with Crippen molar-refractivity contribution >= 4 is 81.2 Å². The molecular weight excluding hydrogens is 617 g/mol. The van der Waals surface area contributed by atoms with Gasteiger partial charge in [-0.3, -0.25) is 0 Å². The lowest BCUT2D eigenvalue weighted by molar-refractivity contribution is 0.621. The number of thiophene rings is 1. The van der Waals surface area contributed by atoms with Gasteiger partial charge in [0.05, 0.1) is 5.69 Å². The number of anilines is 3. The quantitative estimate of drug-likeness (QED) is 0.187. The Labute approximate surface area is 286 Å². The summed E-state index contributed by atoms with van der Waals surface area (Å²) in [6.07, 6.45) is 0. The van der Waals surface area contributed by atoms with Crippen LogP contribution in [0.25, 0.3) is 75.4 Å². The molecule has 0 aliphatic rings. The van der Waals surface area contributed by atoms with Crippen LogP contribution in [0.3, 0.4) is 0 Å². The molecule has 0 aliphatic carbocycles. The highest BCUT2D eigenvalue weighted by atomic mass is 32.1. The first-order valence-electron chi connectivity index (χ1n) is 16.5. The zero-order valence-corrected chi connectivity index (χ0v) is 27.2. The highest BCUT2D eigenvalue weighted by molar-refractivity contribution is 7.25. The monoisotopic (exact) mass is 644 g/mol. The van der Waals surface area contributed by atoms with E-state index in [2.05, 4.69) is 169 Å². The van der Waals surface area contributed by atoms with Crippen LogP contribution >= 0.6 is 11.3 Å². The summed E-state index contributed by atoms with van der Waals surface area (Å²) in [5, 5.41) is 7.35. The lowest BCUT2D eigenvalue weighted by atomic mass is 10.0. The smallest absolute Gasteiger partial charge is 0.227 e. The van der Waals surface area contributed by atoms with E-state index in [9.17, 15) is 0 Å². The highest BCUT2D eigenvalue weighted by Gasteiger charge is 2.18. The minimum absolute atomic E-state index is 0.628. The maximum Gasteiger partial charge on any atom is 0.227 e. The number of hydrogen-bond acceptors (Lipinski definition) is 4. The van der Waals surface area contributed by atoms with Crippen molar-refractivity contribution in [1.29, 1.82) is 0 Å². The summed E-state index contributed by atoms with van der Waals surface area (Å²) in [5.74, 6) is 0.628. The molecule has 0 spiro atoms. The van der Waals surface area contributed by atoms with Gasteiger partial charge in [0.25, 0.3) is 0 Å². The maximum atomic E-state index is 6.50. The van der Waals surface area contributed by atoms with Crippen molar-refractivity contribution < 1.29 is 4.42 Å². The molecule has 0 N–H and O–H groups in total. The first-order chi connectivity index (χ1) is 24.3. The van der Waals surface area contributed by atoms with Crippen molar-refractivity contribution in [3.63, 3.8) is 0 Å². The van der Waals surface area contributed by atoms with Gasteiger partial charge in [-0.1, -0.05) is 109 Å². The third kappa shape index (κ3) is 4.68. The van der Waals surface area contributed by atoms with Gasteiger partial charge in [-0.15, -0.1) is 11.3 Å². The molecule has 49 heavy (non-hydrogen) atoms. The van der Waals surface area contributed by atoms with E-state index in [1.54, 1.807) is 0 Å². The fourth-order valence-corrected chi connectivity index (χ4v) is 8.18. The van der Waals surface area contributed by atoms with Crippen molar-refractivity contribution in [2.45, 2.75) is 0 Å². The van der Waals surface area contributed by atoms with Gasteiger partial charge in [0, 0.05) is 48.1 Å². The van der Waals surface area contributed by atoms with Crippen LogP contribution < -0.4 is 4.90 Å². The van der Waals surface area contributed by atoms with Crippen LogP contribution in [0.1, 0.15) is 0 Å². The third-order valence-corrected chi connectivity index (χ3v) is 10.6. The Bertz CT molecular complexity index is 2840. The van der Waals surface area contributed by atoms with E-state index in [1.165, 1.54) is 41.7 Å². The van der Waals surface area contributed by atoms with Crippen molar-refractivity contribution in [3.05, 3.63) is 170 Å². The van der Waals surface area contributed by atoms with Gasteiger partial charge >= 0.3 is 0 Å². The Hall–Kier alpha value is -6.23. The lowest BCUT2D eigenvalue weighted by Gasteiger charge is -2.27. The summed E-state index contributed by atoms with van der Waals surface area (Å²) in [6, 6.07) is 60.4. The molecule has 3 nitrogen and oxygen atoms in total. The van der Waals surface area contributed by atoms with Crippen LogP contribution in [-0.2, 0) is 0 Å². The second kappa shape index (κ2) is 11.2. The summed E-state index contributed by atoms with van der Waals surface area (Å²) in [5.41, 5.74) is 8.05. The molecule has 0 unspecified atom stereocenters. The second-order valence-corrected chi connectivity index (χ2v) is 13.5. The van der Waals surface area contributed by atoms with Crippen molar-refractivity contribution in [2.75, 3.05) is 4.90 Å². The van der Waals surface area contributed by atoms with Crippen LogP contribution in [0, 0.1) is 0 Å². The minimum atomic E-state index is 0.628. The molecule has 0 saturated carbocycles. The Kier molecular flexibility index (Phi) is 6.36. The van der Waals surface area contributed by atoms with Gasteiger partial charge < -0.3 is 9.32 Å². The summed E-state index contributed by atoms with van der Waals surface area (Å²) < 4.78 is 9.10. The van der Waals surface area contributed by atoms with Gasteiger partial charge in [-0.25, -0.2) is 4.98 Å². The zero-order valence-electron chi connectivity index (χ0n) is 26.4. The molecular formula is C45H28N2OS. The van der Waals surface area contributed by atoms with Gasteiger partial charge in [0.1, 0.15) is 5.52 Å². The predicted octanol–water partition coefficient (Wildman–Crippen LogP) is 13.3. The van der Waals surface area contributed by atoms with Crippen LogP contribution in [0.15, 0.2) is 174 Å². The molecule has 4 heteroatoms. The highest BCUT2D eigenvalue weighted by Crippen LogP contribution is 2.43. The number of rotatable bonds is 5. The molecule has 2 heterocycles.